The van der Waals surface area contributed by atoms with Crippen LogP contribution in [-0.4, -0.2) is 64.4 Å². The molecule has 132 valence electrons. The summed E-state index contributed by atoms with van der Waals surface area (Å²) in [5, 5.41) is 20.1. The van der Waals surface area contributed by atoms with E-state index in [0.29, 0.717) is 0 Å². The molecule has 0 aliphatic carbocycles. The highest BCUT2D eigenvalue weighted by Gasteiger charge is 2.45. The number of nitrogens with one attached hydrogen (secondary N) is 1. The summed E-state index contributed by atoms with van der Waals surface area (Å²) in [5.74, 6) is -0.177. The van der Waals surface area contributed by atoms with E-state index in [4.69, 9.17) is 20.3 Å². The number of aromatic nitrogens is 4. The second-order valence-electron chi connectivity index (χ2n) is 5.11. The Labute approximate surface area is 132 Å². The van der Waals surface area contributed by atoms with Crippen LogP contribution in [0.2, 0.25) is 0 Å². The van der Waals surface area contributed by atoms with E-state index in [1.165, 1.54) is 10.9 Å². The number of hydrogen-bond acceptors (Lipinski definition) is 9. The van der Waals surface area contributed by atoms with Crippen LogP contribution in [0.5, 0.6) is 0 Å². The van der Waals surface area contributed by atoms with Crippen molar-refractivity contribution < 1.29 is 33.8 Å². The average molecular weight is 363 g/mol. The third-order valence-corrected chi connectivity index (χ3v) is 3.95. The standard InChI is InChI=1S/C10H14N5O8P/c11-10-13-7-4(8(18)14-10)12-2-15(7)9-6(17)5(16)3(23-9)1-22-24(19,20)21/h2-3,5-6,9,16-17H,1H2,(H2,19,20,21)(H3,11,13,14,18)/t3?,5-,6?,9-/m1/s1. The van der Waals surface area contributed by atoms with Crippen LogP contribution < -0.4 is 11.3 Å². The lowest BCUT2D eigenvalue weighted by Gasteiger charge is -2.16. The minimum Gasteiger partial charge on any atom is -0.387 e. The zero-order chi connectivity index (χ0) is 17.6. The van der Waals surface area contributed by atoms with Crippen LogP contribution in [0, 0.1) is 0 Å². The molecule has 2 aromatic rings. The van der Waals surface area contributed by atoms with Gasteiger partial charge in [0.15, 0.2) is 17.4 Å². The molecule has 1 aliphatic heterocycles. The number of nitrogens with two attached hydrogens (primary N) is 1. The molecule has 0 amide bonds. The first-order valence-electron chi connectivity index (χ1n) is 6.61. The lowest BCUT2D eigenvalue weighted by molar-refractivity contribution is -0.0503. The number of H-pyrrole nitrogens is 1. The van der Waals surface area contributed by atoms with Gasteiger partial charge in [-0.05, 0) is 0 Å². The van der Waals surface area contributed by atoms with Gasteiger partial charge in [-0.25, -0.2) is 9.55 Å². The highest BCUT2D eigenvalue weighted by atomic mass is 31.2. The Morgan fingerprint density at radius 3 is 2.79 bits per heavy atom. The van der Waals surface area contributed by atoms with Crippen LogP contribution in [0.1, 0.15) is 6.23 Å². The zero-order valence-electron chi connectivity index (χ0n) is 11.9. The van der Waals surface area contributed by atoms with Crippen molar-refractivity contribution in [2.24, 2.45) is 0 Å². The minimum absolute atomic E-state index is 0.0176. The Balaban J connectivity index is 1.90. The molecule has 3 heterocycles. The van der Waals surface area contributed by atoms with E-state index in [2.05, 4.69) is 19.5 Å². The lowest BCUT2D eigenvalue weighted by Crippen LogP contribution is -2.33. The van der Waals surface area contributed by atoms with Gasteiger partial charge in [0, 0.05) is 0 Å². The van der Waals surface area contributed by atoms with E-state index in [0.717, 1.165) is 0 Å². The predicted molar refractivity (Wildman–Crippen MR) is 76.5 cm³/mol. The number of rotatable bonds is 4. The number of ether oxygens (including phenoxy) is 1. The fourth-order valence-electron chi connectivity index (χ4n) is 2.40. The van der Waals surface area contributed by atoms with Crippen molar-refractivity contribution in [2.45, 2.75) is 24.5 Å². The molecule has 2 unspecified atom stereocenters. The van der Waals surface area contributed by atoms with Crippen molar-refractivity contribution in [1.29, 1.82) is 0 Å². The van der Waals surface area contributed by atoms with Crippen molar-refractivity contribution >= 4 is 24.9 Å². The molecule has 0 spiro atoms. The van der Waals surface area contributed by atoms with Crippen molar-refractivity contribution in [3.8, 4) is 0 Å². The quantitative estimate of drug-likeness (QED) is 0.311. The molecule has 0 saturated carbocycles. The van der Waals surface area contributed by atoms with Crippen LogP contribution in [0.3, 0.4) is 0 Å². The fourth-order valence-corrected chi connectivity index (χ4v) is 2.74. The number of fused-ring (bicyclic) bond motifs is 1. The number of phosphoric ester groups is 1. The van der Waals surface area contributed by atoms with E-state index in [9.17, 15) is 19.6 Å². The first kappa shape index (κ1) is 17.0. The first-order valence-corrected chi connectivity index (χ1v) is 8.14. The summed E-state index contributed by atoms with van der Waals surface area (Å²) in [6, 6.07) is 0. The Kier molecular flexibility index (Phi) is 4.17. The number of phosphoric acid groups is 1. The van der Waals surface area contributed by atoms with E-state index in [-0.39, 0.29) is 17.1 Å². The van der Waals surface area contributed by atoms with E-state index < -0.39 is 44.5 Å². The molecule has 1 fully saturated rings. The average Bonchev–Trinajstić information content (AvgIpc) is 3.00. The summed E-state index contributed by atoms with van der Waals surface area (Å²) in [4.78, 5) is 39.1. The van der Waals surface area contributed by atoms with Gasteiger partial charge in [0.05, 0.1) is 12.9 Å². The third kappa shape index (κ3) is 3.06. The normalized spacial score (nSPS) is 27.8. The lowest BCUT2D eigenvalue weighted by atomic mass is 10.1. The number of aromatic amines is 1. The molecule has 0 radical (unpaired) electrons. The minimum atomic E-state index is -4.76. The van der Waals surface area contributed by atoms with E-state index in [1.807, 2.05) is 0 Å². The van der Waals surface area contributed by atoms with Crippen molar-refractivity contribution in [3.63, 3.8) is 0 Å². The number of hydrogen-bond donors (Lipinski definition) is 6. The molecule has 24 heavy (non-hydrogen) atoms. The Hall–Kier alpha value is -1.86. The summed E-state index contributed by atoms with van der Waals surface area (Å²) in [6.07, 6.45) is -4.22. The number of aliphatic hydroxyl groups excluding tert-OH is 2. The van der Waals surface area contributed by atoms with Crippen molar-refractivity contribution in [1.82, 2.24) is 19.5 Å². The van der Waals surface area contributed by atoms with E-state index >= 15 is 0 Å². The van der Waals surface area contributed by atoms with Crippen LogP contribution in [0.15, 0.2) is 11.1 Å². The second kappa shape index (κ2) is 5.89. The summed E-state index contributed by atoms with van der Waals surface area (Å²) in [7, 11) is -4.76. The molecule has 0 bridgehead atoms. The van der Waals surface area contributed by atoms with Gasteiger partial charge in [0.1, 0.15) is 18.3 Å². The molecule has 3 rings (SSSR count). The maximum Gasteiger partial charge on any atom is 0.469 e. The maximum atomic E-state index is 11.7. The van der Waals surface area contributed by atoms with Gasteiger partial charge in [0.2, 0.25) is 5.95 Å². The molecule has 0 aromatic carbocycles. The summed E-state index contributed by atoms with van der Waals surface area (Å²) in [6.45, 7) is -0.651. The predicted octanol–water partition coefficient (Wildman–Crippen LogP) is -2.57. The number of anilines is 1. The smallest absolute Gasteiger partial charge is 0.387 e. The number of nitrogens with zero attached hydrogens (tertiary/aromatic N) is 3. The van der Waals surface area contributed by atoms with Crippen molar-refractivity contribution in [2.75, 3.05) is 12.3 Å². The molecular weight excluding hydrogens is 349 g/mol. The molecule has 13 nitrogen and oxygen atoms in total. The Bertz CT molecular complexity index is 861. The SMILES string of the molecule is Nc1nc2c(ncn2[C@@H]2OC(COP(=O)(O)O)[C@@H](O)C2O)c(=O)[nH]1. The Morgan fingerprint density at radius 2 is 2.12 bits per heavy atom. The van der Waals surface area contributed by atoms with Crippen LogP contribution in [0.4, 0.5) is 5.95 Å². The monoisotopic (exact) mass is 363 g/mol. The van der Waals surface area contributed by atoms with Gasteiger partial charge < -0.3 is 30.5 Å². The molecule has 4 atom stereocenters. The van der Waals surface area contributed by atoms with Crippen LogP contribution in [0.25, 0.3) is 11.2 Å². The molecule has 1 aliphatic rings. The van der Waals surface area contributed by atoms with Gasteiger partial charge in [-0.1, -0.05) is 0 Å². The largest absolute Gasteiger partial charge is 0.469 e. The van der Waals surface area contributed by atoms with Gasteiger partial charge in [-0.2, -0.15) is 4.98 Å². The van der Waals surface area contributed by atoms with Crippen molar-refractivity contribution in [3.05, 3.63) is 16.7 Å². The summed E-state index contributed by atoms with van der Waals surface area (Å²) < 4.78 is 21.6. The van der Waals surface area contributed by atoms with Crippen LogP contribution >= 0.6 is 7.82 Å². The molecule has 2 aromatic heterocycles. The number of nitrogen functional groups attached to an aromatic ring is 1. The molecule has 1 saturated heterocycles. The molecule has 7 N–H and O–H groups in total. The summed E-state index contributed by atoms with van der Waals surface area (Å²) in [5.41, 5.74) is 4.84. The first-order chi connectivity index (χ1) is 11.2. The summed E-state index contributed by atoms with van der Waals surface area (Å²) >= 11 is 0. The second-order valence-corrected chi connectivity index (χ2v) is 6.35. The topological polar surface area (TPSA) is 206 Å². The number of aliphatic hydroxyl groups is 2. The highest BCUT2D eigenvalue weighted by molar-refractivity contribution is 7.46. The van der Waals surface area contributed by atoms with Gasteiger partial charge >= 0.3 is 7.82 Å². The van der Waals surface area contributed by atoms with Gasteiger partial charge in [-0.3, -0.25) is 18.9 Å². The molecular formula is C10H14N5O8P. The zero-order valence-corrected chi connectivity index (χ0v) is 12.8. The van der Waals surface area contributed by atoms with Crippen LogP contribution in [-0.2, 0) is 13.8 Å². The Morgan fingerprint density at radius 1 is 1.42 bits per heavy atom. The third-order valence-electron chi connectivity index (χ3n) is 3.47. The fraction of sp³-hybridized carbons (Fsp3) is 0.500. The molecule has 14 heteroatoms. The van der Waals surface area contributed by atoms with E-state index in [1.54, 1.807) is 0 Å². The number of imidazole rings is 1. The maximum absolute atomic E-state index is 11.7. The van der Waals surface area contributed by atoms with Gasteiger partial charge in [-0.15, -0.1) is 0 Å². The van der Waals surface area contributed by atoms with Gasteiger partial charge in [0.25, 0.3) is 5.56 Å². The highest BCUT2D eigenvalue weighted by Crippen LogP contribution is 2.38.